The van der Waals surface area contributed by atoms with Crippen LogP contribution in [0, 0.1) is 0 Å². The van der Waals surface area contributed by atoms with Crippen LogP contribution in [0.4, 0.5) is 11.5 Å². The molecule has 17 heavy (non-hydrogen) atoms. The smallest absolute Gasteiger partial charge is 0.330 e. The summed E-state index contributed by atoms with van der Waals surface area (Å²) in [6.07, 6.45) is 1.01. The Morgan fingerprint density at radius 1 is 1.59 bits per heavy atom. The Bertz CT molecular complexity index is 516. The minimum atomic E-state index is -0.457. The van der Waals surface area contributed by atoms with Crippen molar-refractivity contribution in [3.05, 3.63) is 20.8 Å². The maximum absolute atomic E-state index is 11.7. The number of hydrogen-bond acceptors (Lipinski definition) is 5. The summed E-state index contributed by atoms with van der Waals surface area (Å²) in [7, 11) is 0. The van der Waals surface area contributed by atoms with E-state index in [1.165, 1.54) is 4.57 Å². The molecule has 1 aliphatic heterocycles. The number of nitrogens with one attached hydrogen (secondary N) is 2. The molecule has 6 nitrogen and oxygen atoms in total. The Morgan fingerprint density at radius 2 is 2.35 bits per heavy atom. The van der Waals surface area contributed by atoms with Crippen molar-refractivity contribution >= 4 is 23.3 Å². The SMILES string of the molecule is CCn1c(N)c(NC2CCSC2)c(=O)[nH]c1=O. The highest BCUT2D eigenvalue weighted by Crippen LogP contribution is 2.21. The Hall–Kier alpha value is -1.37. The first kappa shape index (κ1) is 12.1. The lowest BCUT2D eigenvalue weighted by atomic mass is 10.2. The molecule has 0 radical (unpaired) electrons. The van der Waals surface area contributed by atoms with Crippen molar-refractivity contribution in [3.8, 4) is 0 Å². The van der Waals surface area contributed by atoms with E-state index >= 15 is 0 Å². The van der Waals surface area contributed by atoms with Crippen molar-refractivity contribution in [2.45, 2.75) is 25.9 Å². The topological polar surface area (TPSA) is 92.9 Å². The molecule has 1 aromatic heterocycles. The first-order valence-corrected chi connectivity index (χ1v) is 6.75. The van der Waals surface area contributed by atoms with Gasteiger partial charge in [-0.15, -0.1) is 0 Å². The van der Waals surface area contributed by atoms with Gasteiger partial charge in [-0.1, -0.05) is 0 Å². The Balaban J connectivity index is 2.38. The van der Waals surface area contributed by atoms with Gasteiger partial charge in [0.25, 0.3) is 5.56 Å². The van der Waals surface area contributed by atoms with Gasteiger partial charge in [0.2, 0.25) is 0 Å². The molecule has 1 fully saturated rings. The molecule has 0 aromatic carbocycles. The van der Waals surface area contributed by atoms with Gasteiger partial charge in [0.05, 0.1) is 0 Å². The van der Waals surface area contributed by atoms with Gasteiger partial charge in [0.1, 0.15) is 11.5 Å². The van der Waals surface area contributed by atoms with E-state index in [0.29, 0.717) is 12.2 Å². The fourth-order valence-corrected chi connectivity index (χ4v) is 3.05. The number of hydrogen-bond donors (Lipinski definition) is 3. The summed E-state index contributed by atoms with van der Waals surface area (Å²) < 4.78 is 1.35. The van der Waals surface area contributed by atoms with E-state index in [1.807, 2.05) is 18.7 Å². The largest absolute Gasteiger partial charge is 0.383 e. The standard InChI is InChI=1S/C10H16N4O2S/c1-2-14-8(11)7(9(15)13-10(14)16)12-6-3-4-17-5-6/h6,12H,2-5,11H2,1H3,(H,13,15,16). The average molecular weight is 256 g/mol. The Kier molecular flexibility index (Phi) is 3.46. The molecule has 0 amide bonds. The number of thioether (sulfide) groups is 1. The third-order valence-corrected chi connectivity index (χ3v) is 4.00. The zero-order chi connectivity index (χ0) is 12.4. The summed E-state index contributed by atoms with van der Waals surface area (Å²) in [5.74, 6) is 2.27. The van der Waals surface area contributed by atoms with Crippen LogP contribution in [0.3, 0.4) is 0 Å². The number of anilines is 2. The second kappa shape index (κ2) is 4.87. The van der Waals surface area contributed by atoms with Gasteiger partial charge >= 0.3 is 5.69 Å². The van der Waals surface area contributed by atoms with Crippen molar-refractivity contribution in [1.82, 2.24) is 9.55 Å². The summed E-state index contributed by atoms with van der Waals surface area (Å²) >= 11 is 1.84. The van der Waals surface area contributed by atoms with E-state index < -0.39 is 11.2 Å². The number of aromatic amines is 1. The molecule has 1 atom stereocenters. The number of nitrogen functional groups attached to an aromatic ring is 1. The van der Waals surface area contributed by atoms with E-state index in [-0.39, 0.29) is 11.9 Å². The molecule has 0 aliphatic carbocycles. The van der Waals surface area contributed by atoms with Crippen molar-refractivity contribution in [1.29, 1.82) is 0 Å². The third kappa shape index (κ3) is 2.33. The van der Waals surface area contributed by atoms with Crippen LogP contribution in [0.1, 0.15) is 13.3 Å². The molecule has 2 rings (SSSR count). The lowest BCUT2D eigenvalue weighted by Crippen LogP contribution is -2.35. The zero-order valence-electron chi connectivity index (χ0n) is 9.66. The highest BCUT2D eigenvalue weighted by Gasteiger charge is 2.19. The van der Waals surface area contributed by atoms with E-state index in [0.717, 1.165) is 17.9 Å². The molecule has 0 saturated carbocycles. The molecule has 1 saturated heterocycles. The molecular weight excluding hydrogens is 240 g/mol. The van der Waals surface area contributed by atoms with E-state index in [9.17, 15) is 9.59 Å². The van der Waals surface area contributed by atoms with Gasteiger partial charge < -0.3 is 11.1 Å². The fourth-order valence-electron chi connectivity index (χ4n) is 1.89. The number of nitrogens with two attached hydrogens (primary N) is 1. The van der Waals surface area contributed by atoms with Crippen molar-refractivity contribution in [2.75, 3.05) is 22.6 Å². The number of H-pyrrole nitrogens is 1. The van der Waals surface area contributed by atoms with Crippen LogP contribution < -0.4 is 22.3 Å². The van der Waals surface area contributed by atoms with Crippen LogP contribution in [-0.4, -0.2) is 27.1 Å². The van der Waals surface area contributed by atoms with Crippen molar-refractivity contribution in [3.63, 3.8) is 0 Å². The van der Waals surface area contributed by atoms with Gasteiger partial charge in [-0.05, 0) is 19.1 Å². The van der Waals surface area contributed by atoms with Gasteiger partial charge in [-0.2, -0.15) is 11.8 Å². The van der Waals surface area contributed by atoms with Gasteiger partial charge in [-0.25, -0.2) is 4.79 Å². The van der Waals surface area contributed by atoms with Crippen LogP contribution in [0.25, 0.3) is 0 Å². The highest BCUT2D eigenvalue weighted by atomic mass is 32.2. The summed E-state index contributed by atoms with van der Waals surface area (Å²) in [6.45, 7) is 2.25. The molecule has 0 spiro atoms. The predicted octanol–water partition coefficient (Wildman–Crippen LogP) is 0.0561. The first-order valence-electron chi connectivity index (χ1n) is 5.60. The minimum absolute atomic E-state index is 0.221. The van der Waals surface area contributed by atoms with Crippen LogP contribution in [-0.2, 0) is 6.54 Å². The lowest BCUT2D eigenvalue weighted by Gasteiger charge is -2.16. The van der Waals surface area contributed by atoms with Gasteiger partial charge in [0, 0.05) is 18.3 Å². The quantitative estimate of drug-likeness (QED) is 0.711. The molecule has 1 unspecified atom stereocenters. The molecule has 2 heterocycles. The monoisotopic (exact) mass is 256 g/mol. The summed E-state index contributed by atoms with van der Waals surface area (Å²) in [4.78, 5) is 25.5. The molecule has 4 N–H and O–H groups in total. The second-order valence-electron chi connectivity index (χ2n) is 3.97. The first-order chi connectivity index (χ1) is 8.13. The van der Waals surface area contributed by atoms with Crippen LogP contribution in [0.2, 0.25) is 0 Å². The van der Waals surface area contributed by atoms with Crippen molar-refractivity contribution < 1.29 is 0 Å². The molecule has 1 aromatic rings. The molecule has 0 bridgehead atoms. The van der Waals surface area contributed by atoms with Gasteiger partial charge in [0.15, 0.2) is 0 Å². The normalized spacial score (nSPS) is 19.5. The highest BCUT2D eigenvalue weighted by molar-refractivity contribution is 7.99. The number of nitrogens with zero attached hydrogens (tertiary/aromatic N) is 1. The second-order valence-corrected chi connectivity index (χ2v) is 5.12. The summed E-state index contributed by atoms with van der Waals surface area (Å²) in [5, 5.41) is 3.13. The lowest BCUT2D eigenvalue weighted by molar-refractivity contribution is 0.702. The molecular formula is C10H16N4O2S. The summed E-state index contributed by atoms with van der Waals surface area (Å²) in [5.41, 5.74) is 5.27. The van der Waals surface area contributed by atoms with Crippen LogP contribution in [0.15, 0.2) is 9.59 Å². The van der Waals surface area contributed by atoms with Crippen LogP contribution >= 0.6 is 11.8 Å². The average Bonchev–Trinajstić information content (AvgIpc) is 2.77. The number of aromatic nitrogens is 2. The maximum Gasteiger partial charge on any atom is 0.330 e. The van der Waals surface area contributed by atoms with E-state index in [1.54, 1.807) is 0 Å². The minimum Gasteiger partial charge on any atom is -0.383 e. The fraction of sp³-hybridized carbons (Fsp3) is 0.600. The maximum atomic E-state index is 11.7. The van der Waals surface area contributed by atoms with Crippen molar-refractivity contribution in [2.24, 2.45) is 0 Å². The molecule has 94 valence electrons. The third-order valence-electron chi connectivity index (χ3n) is 2.83. The number of rotatable bonds is 3. The van der Waals surface area contributed by atoms with E-state index in [2.05, 4.69) is 10.3 Å². The Labute approximate surface area is 103 Å². The zero-order valence-corrected chi connectivity index (χ0v) is 10.5. The Morgan fingerprint density at radius 3 is 2.94 bits per heavy atom. The molecule has 1 aliphatic rings. The van der Waals surface area contributed by atoms with E-state index in [4.69, 9.17) is 5.73 Å². The molecule has 7 heteroatoms. The van der Waals surface area contributed by atoms with Crippen LogP contribution in [0.5, 0.6) is 0 Å². The predicted molar refractivity (Wildman–Crippen MR) is 70.8 cm³/mol. The van der Waals surface area contributed by atoms with Gasteiger partial charge in [-0.3, -0.25) is 14.3 Å². The summed E-state index contributed by atoms with van der Waals surface area (Å²) in [6, 6.07) is 0.256.